The number of hydrogen-bond acceptors (Lipinski definition) is 5. The topological polar surface area (TPSA) is 72.8 Å². The van der Waals surface area contributed by atoms with Crippen LogP contribution in [0.15, 0.2) is 23.5 Å². The zero-order valence-corrected chi connectivity index (χ0v) is 17.6. The van der Waals surface area contributed by atoms with Crippen LogP contribution in [0.4, 0.5) is 0 Å². The molecule has 142 valence electrons. The highest BCUT2D eigenvalue weighted by Gasteiger charge is 2.80. The number of Topliss-reactive ketones (excluding diaryl/α,β-unsaturated/α-hetero) is 1. The third-order valence-corrected chi connectivity index (χ3v) is 8.43. The summed E-state index contributed by atoms with van der Waals surface area (Å²) in [7, 11) is 1.54. The zero-order chi connectivity index (χ0) is 19.0. The summed E-state index contributed by atoms with van der Waals surface area (Å²) < 4.78 is 12.1. The summed E-state index contributed by atoms with van der Waals surface area (Å²) in [6.07, 6.45) is 5.34. The summed E-state index contributed by atoms with van der Waals surface area (Å²) in [5.74, 6) is -1.31. The van der Waals surface area contributed by atoms with E-state index >= 15 is 0 Å². The Morgan fingerprint density at radius 2 is 1.92 bits per heavy atom. The molecule has 0 amide bonds. The van der Waals surface area contributed by atoms with Gasteiger partial charge in [0, 0.05) is 28.8 Å². The van der Waals surface area contributed by atoms with E-state index in [1.165, 1.54) is 0 Å². The average molecular weight is 472 g/mol. The van der Waals surface area contributed by atoms with Crippen LogP contribution < -0.4 is 0 Å². The van der Waals surface area contributed by atoms with Crippen LogP contribution in [0, 0.1) is 29.6 Å². The largest absolute Gasteiger partial charge is 0.511 e. The number of carbonyl (C=O) groups is 2. The van der Waals surface area contributed by atoms with Crippen molar-refractivity contribution in [2.24, 2.45) is 29.6 Å². The molecule has 0 aromatic rings. The molecule has 4 aliphatic rings. The van der Waals surface area contributed by atoms with E-state index < -0.39 is 23.1 Å². The van der Waals surface area contributed by atoms with Crippen molar-refractivity contribution in [3.63, 3.8) is 0 Å². The summed E-state index contributed by atoms with van der Waals surface area (Å²) in [5, 5.41) is 11.0. The smallest absolute Gasteiger partial charge is 0.341 e. The normalized spacial score (nSPS) is 53.0. The van der Waals surface area contributed by atoms with E-state index in [9.17, 15) is 14.7 Å². The van der Waals surface area contributed by atoms with E-state index in [4.69, 9.17) is 9.47 Å². The molecule has 1 spiro atoms. The highest BCUT2D eigenvalue weighted by molar-refractivity contribution is 14.1. The molecule has 1 N–H and O–H groups in total. The van der Waals surface area contributed by atoms with Crippen molar-refractivity contribution in [2.75, 3.05) is 7.11 Å². The molecule has 1 aliphatic heterocycles. The number of carbonyl (C=O) groups excluding carboxylic acids is 2. The van der Waals surface area contributed by atoms with Crippen LogP contribution in [0.3, 0.4) is 0 Å². The molecule has 5 nitrogen and oxygen atoms in total. The van der Waals surface area contributed by atoms with E-state index in [0.717, 1.165) is 0 Å². The number of allylic oxidation sites excluding steroid dienone is 2. The Balaban J connectivity index is 2.07. The molecule has 1 saturated carbocycles. The molecule has 8 atom stereocenters. The van der Waals surface area contributed by atoms with Crippen molar-refractivity contribution in [1.82, 2.24) is 0 Å². The predicted molar refractivity (Wildman–Crippen MR) is 104 cm³/mol. The van der Waals surface area contributed by atoms with E-state index in [2.05, 4.69) is 41.7 Å². The summed E-state index contributed by atoms with van der Waals surface area (Å²) in [5.41, 5.74) is -1.97. The third-order valence-electron chi connectivity index (χ3n) is 6.93. The van der Waals surface area contributed by atoms with Gasteiger partial charge in [-0.15, -0.1) is 0 Å². The number of alkyl halides is 1. The average Bonchev–Trinajstić information content (AvgIpc) is 2.92. The van der Waals surface area contributed by atoms with E-state index in [0.29, 0.717) is 12.8 Å². The first kappa shape index (κ1) is 18.5. The molecular formula is C20H25IO5. The molecule has 1 saturated heterocycles. The SMILES string of the molecule is COC12/C3=C(/O)[C@H](C)C[C@H](C)C(=O)C1C(I)[C@@H]1C=C[C@H](C)C[C@@]12OC3=O. The van der Waals surface area contributed by atoms with Crippen molar-refractivity contribution in [3.8, 4) is 0 Å². The van der Waals surface area contributed by atoms with E-state index in [-0.39, 0.29) is 44.7 Å². The highest BCUT2D eigenvalue weighted by Crippen LogP contribution is 2.66. The standard InChI is InChI=1S/C20H25IO5/c1-9-5-6-12-15(21)13-16(22)10(2)7-11(3)17(23)14-18(24)26-19(12,8-9)20(13,14)25-4/h5-6,9-13,15,23H,7-8H2,1-4H3/b17-14+/t9-,10-,11+,12-,13?,15?,19+,20?/m0/s1. The summed E-state index contributed by atoms with van der Waals surface area (Å²) >= 11 is 2.32. The van der Waals surface area contributed by atoms with Gasteiger partial charge in [-0.3, -0.25) is 4.79 Å². The van der Waals surface area contributed by atoms with Gasteiger partial charge >= 0.3 is 5.97 Å². The van der Waals surface area contributed by atoms with Crippen molar-refractivity contribution in [1.29, 1.82) is 0 Å². The lowest BCUT2D eigenvalue weighted by Crippen LogP contribution is -2.58. The van der Waals surface area contributed by atoms with Gasteiger partial charge in [0.15, 0.2) is 11.2 Å². The first-order valence-corrected chi connectivity index (χ1v) is 10.5. The number of aliphatic hydroxyl groups is 1. The van der Waals surface area contributed by atoms with Crippen LogP contribution in [-0.2, 0) is 19.1 Å². The fraction of sp³-hybridized carbons (Fsp3) is 0.700. The number of rotatable bonds is 1. The number of halogens is 1. The molecule has 6 heteroatoms. The van der Waals surface area contributed by atoms with Crippen LogP contribution in [0.1, 0.15) is 33.6 Å². The van der Waals surface area contributed by atoms with Gasteiger partial charge in [-0.25, -0.2) is 4.79 Å². The third kappa shape index (κ3) is 1.95. The lowest BCUT2D eigenvalue weighted by atomic mass is 9.65. The maximum absolute atomic E-state index is 13.5. The Labute approximate surface area is 167 Å². The van der Waals surface area contributed by atoms with Crippen molar-refractivity contribution in [3.05, 3.63) is 23.5 Å². The quantitative estimate of drug-likeness (QED) is 0.274. The molecule has 3 unspecified atom stereocenters. The van der Waals surface area contributed by atoms with E-state index in [1.807, 2.05) is 13.8 Å². The Kier molecular flexibility index (Phi) is 4.12. The minimum Gasteiger partial charge on any atom is -0.511 e. The Hall–Kier alpha value is -0.890. The first-order valence-electron chi connectivity index (χ1n) is 9.29. The Bertz CT molecular complexity index is 742. The lowest BCUT2D eigenvalue weighted by Gasteiger charge is -2.45. The maximum atomic E-state index is 13.5. The number of esters is 1. The summed E-state index contributed by atoms with van der Waals surface area (Å²) in [6, 6.07) is 0. The first-order chi connectivity index (χ1) is 12.2. The van der Waals surface area contributed by atoms with Gasteiger partial charge in [0.1, 0.15) is 17.1 Å². The number of aliphatic hydroxyl groups excluding tert-OH is 1. The molecule has 26 heavy (non-hydrogen) atoms. The maximum Gasteiger partial charge on any atom is 0.341 e. The molecule has 2 fully saturated rings. The van der Waals surface area contributed by atoms with Crippen LogP contribution in [0.25, 0.3) is 0 Å². The monoisotopic (exact) mass is 472 g/mol. The fourth-order valence-electron chi connectivity index (χ4n) is 5.89. The minimum atomic E-state index is -1.22. The van der Waals surface area contributed by atoms with Crippen LogP contribution in [0.5, 0.6) is 0 Å². The molecule has 3 aliphatic carbocycles. The van der Waals surface area contributed by atoms with Crippen molar-refractivity contribution in [2.45, 2.75) is 48.7 Å². The molecule has 0 aromatic heterocycles. The number of ether oxygens (including phenoxy) is 2. The second-order valence-electron chi connectivity index (χ2n) is 8.43. The second-order valence-corrected chi connectivity index (χ2v) is 9.87. The van der Waals surface area contributed by atoms with Gasteiger partial charge < -0.3 is 14.6 Å². The predicted octanol–water partition coefficient (Wildman–Crippen LogP) is 3.37. The molecule has 0 aromatic carbocycles. The van der Waals surface area contributed by atoms with Crippen LogP contribution >= 0.6 is 22.6 Å². The van der Waals surface area contributed by atoms with Gasteiger partial charge in [0.2, 0.25) is 0 Å². The van der Waals surface area contributed by atoms with Crippen molar-refractivity contribution >= 4 is 34.3 Å². The molecular weight excluding hydrogens is 447 g/mol. The van der Waals surface area contributed by atoms with Crippen LogP contribution in [0.2, 0.25) is 0 Å². The Morgan fingerprint density at radius 3 is 2.58 bits per heavy atom. The number of ketones is 1. The van der Waals surface area contributed by atoms with Gasteiger partial charge in [-0.1, -0.05) is 55.5 Å². The van der Waals surface area contributed by atoms with Gasteiger partial charge in [0.25, 0.3) is 0 Å². The minimum absolute atomic E-state index is 0.0320. The van der Waals surface area contributed by atoms with Gasteiger partial charge in [0.05, 0.1) is 5.92 Å². The zero-order valence-electron chi connectivity index (χ0n) is 15.5. The van der Waals surface area contributed by atoms with Gasteiger partial charge in [-0.2, -0.15) is 0 Å². The second kappa shape index (κ2) is 5.80. The molecule has 0 radical (unpaired) electrons. The van der Waals surface area contributed by atoms with Crippen molar-refractivity contribution < 1.29 is 24.2 Å². The molecule has 1 heterocycles. The molecule has 4 rings (SSSR count). The van der Waals surface area contributed by atoms with E-state index in [1.54, 1.807) is 7.11 Å². The lowest BCUT2D eigenvalue weighted by molar-refractivity contribution is -0.173. The summed E-state index contributed by atoms with van der Waals surface area (Å²) in [4.78, 5) is 26.5. The number of hydrogen-bond donors (Lipinski definition) is 1. The van der Waals surface area contributed by atoms with Gasteiger partial charge in [-0.05, 0) is 18.8 Å². The molecule has 0 bridgehead atoms. The number of methoxy groups -OCH3 is 1. The highest BCUT2D eigenvalue weighted by atomic mass is 127. The summed E-state index contributed by atoms with van der Waals surface area (Å²) in [6.45, 7) is 5.84. The Morgan fingerprint density at radius 1 is 1.23 bits per heavy atom. The van der Waals surface area contributed by atoms with Crippen LogP contribution in [-0.4, -0.2) is 39.1 Å². The fourth-order valence-corrected chi connectivity index (χ4v) is 7.57.